The molecular weight excluding hydrogens is 188 g/mol. The highest BCUT2D eigenvalue weighted by Gasteiger charge is 2.22. The summed E-state index contributed by atoms with van der Waals surface area (Å²) in [6.45, 7) is 1.83. The van der Waals surface area contributed by atoms with Gasteiger partial charge in [-0.05, 0) is 6.42 Å². The van der Waals surface area contributed by atoms with E-state index in [9.17, 15) is 14.7 Å². The third-order valence-electron chi connectivity index (χ3n) is 1.77. The van der Waals surface area contributed by atoms with Crippen LogP contribution in [-0.2, 0) is 9.59 Å². The number of carboxylic acid groups (broad SMARTS) is 2. The van der Waals surface area contributed by atoms with Crippen LogP contribution in [0.3, 0.4) is 0 Å². The Morgan fingerprint density at radius 3 is 2.29 bits per heavy atom. The molecule has 0 fully saturated rings. The molecule has 0 amide bonds. The molecule has 3 N–H and O–H groups in total. The van der Waals surface area contributed by atoms with Gasteiger partial charge in [0.2, 0.25) is 0 Å². The lowest BCUT2D eigenvalue weighted by Gasteiger charge is -2.14. The Bertz CT molecular complexity index is 233. The molecule has 0 bridgehead atoms. The minimum Gasteiger partial charge on any atom is -0.479 e. The lowest BCUT2D eigenvalue weighted by Crippen LogP contribution is -2.28. The van der Waals surface area contributed by atoms with Gasteiger partial charge >= 0.3 is 11.9 Å². The molecule has 0 radical (unpaired) electrons. The van der Waals surface area contributed by atoms with Crippen molar-refractivity contribution >= 4 is 11.9 Å². The first-order valence-corrected chi connectivity index (χ1v) is 4.31. The second kappa shape index (κ2) is 6.15. The Kier molecular flexibility index (Phi) is 5.55. The van der Waals surface area contributed by atoms with Crippen LogP contribution in [0.4, 0.5) is 0 Å². The Morgan fingerprint density at radius 1 is 1.36 bits per heavy atom. The van der Waals surface area contributed by atoms with Crippen molar-refractivity contribution in [1.29, 1.82) is 0 Å². The van der Waals surface area contributed by atoms with Crippen LogP contribution in [0.1, 0.15) is 19.8 Å². The molecular formula is C9H14O5. The van der Waals surface area contributed by atoms with Crippen molar-refractivity contribution in [2.24, 2.45) is 5.92 Å². The lowest BCUT2D eigenvalue weighted by atomic mass is 9.96. The van der Waals surface area contributed by atoms with E-state index in [2.05, 4.69) is 0 Å². The van der Waals surface area contributed by atoms with Crippen LogP contribution in [0.25, 0.3) is 0 Å². The highest BCUT2D eigenvalue weighted by atomic mass is 16.4. The molecule has 0 aliphatic carbocycles. The number of hydrogen-bond donors (Lipinski definition) is 3. The van der Waals surface area contributed by atoms with Crippen LogP contribution in [0, 0.1) is 5.92 Å². The van der Waals surface area contributed by atoms with Crippen molar-refractivity contribution in [2.45, 2.75) is 25.9 Å². The number of carboxylic acids is 2. The van der Waals surface area contributed by atoms with Crippen molar-refractivity contribution in [2.75, 3.05) is 0 Å². The normalized spacial score (nSPS) is 15.3. The number of aliphatic hydroxyl groups is 1. The van der Waals surface area contributed by atoms with Crippen molar-refractivity contribution < 1.29 is 24.9 Å². The fourth-order valence-corrected chi connectivity index (χ4v) is 1.08. The first-order valence-electron chi connectivity index (χ1n) is 4.31. The van der Waals surface area contributed by atoms with E-state index in [1.54, 1.807) is 0 Å². The van der Waals surface area contributed by atoms with Gasteiger partial charge in [0.1, 0.15) is 0 Å². The number of rotatable bonds is 6. The van der Waals surface area contributed by atoms with Gasteiger partial charge in [0, 0.05) is 12.0 Å². The zero-order valence-corrected chi connectivity index (χ0v) is 7.88. The molecule has 2 atom stereocenters. The van der Waals surface area contributed by atoms with Gasteiger partial charge in [-0.1, -0.05) is 19.4 Å². The van der Waals surface area contributed by atoms with Crippen molar-refractivity contribution in [3.8, 4) is 0 Å². The molecule has 0 spiro atoms. The van der Waals surface area contributed by atoms with E-state index in [0.717, 1.165) is 6.08 Å². The van der Waals surface area contributed by atoms with E-state index in [-0.39, 0.29) is 0 Å². The molecule has 0 heterocycles. The van der Waals surface area contributed by atoms with Crippen molar-refractivity contribution in [1.82, 2.24) is 0 Å². The molecule has 0 saturated carbocycles. The van der Waals surface area contributed by atoms with E-state index in [1.807, 2.05) is 6.92 Å². The molecule has 0 aliphatic heterocycles. The topological polar surface area (TPSA) is 94.8 Å². The smallest absolute Gasteiger partial charge is 0.333 e. The van der Waals surface area contributed by atoms with Gasteiger partial charge in [-0.3, -0.25) is 0 Å². The molecule has 5 heteroatoms. The van der Waals surface area contributed by atoms with Gasteiger partial charge in [-0.25, -0.2) is 9.59 Å². The first-order chi connectivity index (χ1) is 6.49. The van der Waals surface area contributed by atoms with Crippen LogP contribution >= 0.6 is 0 Å². The summed E-state index contributed by atoms with van der Waals surface area (Å²) in [5.74, 6) is -3.13. The SMILES string of the molecule is CCC[C@H](/C=C/C(=O)O)[C@@H](O)C(=O)O. The fourth-order valence-electron chi connectivity index (χ4n) is 1.08. The van der Waals surface area contributed by atoms with Gasteiger partial charge in [0.05, 0.1) is 0 Å². The summed E-state index contributed by atoms with van der Waals surface area (Å²) in [7, 11) is 0. The van der Waals surface area contributed by atoms with Gasteiger partial charge in [-0.15, -0.1) is 0 Å². The number of hydrogen-bond acceptors (Lipinski definition) is 3. The fraction of sp³-hybridized carbons (Fsp3) is 0.556. The minimum absolute atomic E-state index is 0.442. The monoisotopic (exact) mass is 202 g/mol. The molecule has 0 rings (SSSR count). The van der Waals surface area contributed by atoms with Gasteiger partial charge in [0.15, 0.2) is 6.10 Å². The van der Waals surface area contributed by atoms with Gasteiger partial charge < -0.3 is 15.3 Å². The highest BCUT2D eigenvalue weighted by Crippen LogP contribution is 2.13. The standard InChI is InChI=1S/C9H14O5/c1-2-3-6(4-5-7(10)11)8(12)9(13)14/h4-6,8,12H,2-3H2,1H3,(H,10,11)(H,13,14)/b5-4+/t6-,8-/m1/s1. The number of aliphatic carboxylic acids is 2. The Hall–Kier alpha value is -1.36. The predicted molar refractivity (Wildman–Crippen MR) is 48.8 cm³/mol. The first kappa shape index (κ1) is 12.6. The largest absolute Gasteiger partial charge is 0.479 e. The lowest BCUT2D eigenvalue weighted by molar-refractivity contribution is -0.148. The quantitative estimate of drug-likeness (QED) is 0.545. The predicted octanol–water partition coefficient (Wildman–Crippen LogP) is 0.489. The summed E-state index contributed by atoms with van der Waals surface area (Å²) in [4.78, 5) is 20.6. The van der Waals surface area contributed by atoms with E-state index >= 15 is 0 Å². The molecule has 0 unspecified atom stereocenters. The maximum atomic E-state index is 10.4. The summed E-state index contributed by atoms with van der Waals surface area (Å²) in [5, 5.41) is 26.0. The summed E-state index contributed by atoms with van der Waals surface area (Å²) in [5.41, 5.74) is 0. The summed E-state index contributed by atoms with van der Waals surface area (Å²) >= 11 is 0. The molecule has 0 aromatic carbocycles. The molecule has 0 aliphatic rings. The average molecular weight is 202 g/mol. The summed E-state index contributed by atoms with van der Waals surface area (Å²) < 4.78 is 0. The van der Waals surface area contributed by atoms with E-state index in [1.165, 1.54) is 6.08 Å². The zero-order chi connectivity index (χ0) is 11.1. The Morgan fingerprint density at radius 2 is 1.93 bits per heavy atom. The number of carbonyl (C=O) groups is 2. The van der Waals surface area contributed by atoms with E-state index in [4.69, 9.17) is 10.2 Å². The van der Waals surface area contributed by atoms with E-state index < -0.39 is 24.0 Å². The maximum absolute atomic E-state index is 10.4. The zero-order valence-electron chi connectivity index (χ0n) is 7.88. The summed E-state index contributed by atoms with van der Waals surface area (Å²) in [6, 6.07) is 0. The number of aliphatic hydroxyl groups excluding tert-OH is 1. The van der Waals surface area contributed by atoms with Crippen LogP contribution in [0.5, 0.6) is 0 Å². The Labute approximate surface area is 81.7 Å². The third-order valence-corrected chi connectivity index (χ3v) is 1.77. The molecule has 14 heavy (non-hydrogen) atoms. The molecule has 0 saturated heterocycles. The van der Waals surface area contributed by atoms with Crippen molar-refractivity contribution in [3.63, 3.8) is 0 Å². The average Bonchev–Trinajstić information content (AvgIpc) is 2.10. The van der Waals surface area contributed by atoms with Gasteiger partial charge in [0.25, 0.3) is 0 Å². The van der Waals surface area contributed by atoms with Crippen LogP contribution in [0.15, 0.2) is 12.2 Å². The van der Waals surface area contributed by atoms with Gasteiger partial charge in [-0.2, -0.15) is 0 Å². The molecule has 80 valence electrons. The Balaban J connectivity index is 4.42. The van der Waals surface area contributed by atoms with Crippen LogP contribution in [-0.4, -0.2) is 33.4 Å². The minimum atomic E-state index is -1.54. The third kappa shape index (κ3) is 4.61. The molecule has 0 aromatic heterocycles. The maximum Gasteiger partial charge on any atom is 0.333 e. The summed E-state index contributed by atoms with van der Waals surface area (Å²) in [6.07, 6.45) is 1.65. The highest BCUT2D eigenvalue weighted by molar-refractivity contribution is 5.80. The molecule has 5 nitrogen and oxygen atoms in total. The molecule has 0 aromatic rings. The van der Waals surface area contributed by atoms with E-state index in [0.29, 0.717) is 12.8 Å². The second-order valence-electron chi connectivity index (χ2n) is 2.93. The second-order valence-corrected chi connectivity index (χ2v) is 2.93. The van der Waals surface area contributed by atoms with Crippen LogP contribution < -0.4 is 0 Å². The van der Waals surface area contributed by atoms with Crippen LogP contribution in [0.2, 0.25) is 0 Å². The van der Waals surface area contributed by atoms with Crippen molar-refractivity contribution in [3.05, 3.63) is 12.2 Å².